The van der Waals surface area contributed by atoms with Crippen LogP contribution in [0.4, 0.5) is 11.8 Å². The predicted octanol–water partition coefficient (Wildman–Crippen LogP) is -0.793. The molecule has 0 saturated carbocycles. The summed E-state index contributed by atoms with van der Waals surface area (Å²) in [6, 6.07) is 1.74. The Bertz CT molecular complexity index is 592. The second-order valence-electron chi connectivity index (χ2n) is 5.29. The smallest absolute Gasteiger partial charge is 0.227 e. The van der Waals surface area contributed by atoms with Crippen molar-refractivity contribution >= 4 is 21.8 Å². The fraction of sp³-hybridized carbons (Fsp3) is 0.667. The molecule has 1 saturated heterocycles. The van der Waals surface area contributed by atoms with Crippen LogP contribution in [0.25, 0.3) is 0 Å². The van der Waals surface area contributed by atoms with E-state index < -0.39 is 16.1 Å². The molecule has 0 radical (unpaired) electrons. The summed E-state index contributed by atoms with van der Waals surface area (Å²) in [5.41, 5.74) is 0. The number of β-amino-alcohol motifs (C(OH)–C–C–N with tert-alkyl or cyclic N) is 1. The van der Waals surface area contributed by atoms with Crippen molar-refractivity contribution in [1.29, 1.82) is 0 Å². The Hall–Kier alpha value is -1.45. The molecule has 0 bridgehead atoms. The average Bonchev–Trinajstić information content (AvgIpc) is 2.79. The van der Waals surface area contributed by atoms with Gasteiger partial charge >= 0.3 is 0 Å². The van der Waals surface area contributed by atoms with E-state index in [-0.39, 0.29) is 11.7 Å². The number of sulfonamides is 1. The second kappa shape index (κ2) is 6.12. The first-order valence-corrected chi connectivity index (χ1v) is 8.28. The zero-order chi connectivity index (χ0) is 15.6. The van der Waals surface area contributed by atoms with Crippen molar-refractivity contribution < 1.29 is 13.5 Å². The molecule has 0 unspecified atom stereocenters. The predicted molar refractivity (Wildman–Crippen MR) is 80.8 cm³/mol. The summed E-state index contributed by atoms with van der Waals surface area (Å²) in [7, 11) is 1.41. The van der Waals surface area contributed by atoms with Gasteiger partial charge in [0.15, 0.2) is 0 Å². The Morgan fingerprint density at radius 1 is 1.48 bits per heavy atom. The summed E-state index contributed by atoms with van der Waals surface area (Å²) in [6.07, 6.45) is 0.923. The standard InChI is InChI=1S/C12H21N5O3S/c1-13-11-4-5-14-12(15-11)17-6-9(10(18)7-17)8-21(19,20)16(2)3/h4-5,9-10,18H,6-8H2,1-3H3,(H,13,14,15)/t9-,10+/m0/s1. The lowest BCUT2D eigenvalue weighted by Crippen LogP contribution is -2.33. The van der Waals surface area contributed by atoms with E-state index in [2.05, 4.69) is 15.3 Å². The van der Waals surface area contributed by atoms with Crippen LogP contribution in [-0.4, -0.2) is 73.9 Å². The van der Waals surface area contributed by atoms with Crippen molar-refractivity contribution in [3.63, 3.8) is 0 Å². The number of aromatic nitrogens is 2. The van der Waals surface area contributed by atoms with Crippen LogP contribution < -0.4 is 10.2 Å². The van der Waals surface area contributed by atoms with Gasteiger partial charge in [0.1, 0.15) is 5.82 Å². The van der Waals surface area contributed by atoms with Gasteiger partial charge in [0, 0.05) is 46.3 Å². The van der Waals surface area contributed by atoms with Crippen LogP contribution in [0.2, 0.25) is 0 Å². The fourth-order valence-electron chi connectivity index (χ4n) is 2.24. The molecule has 1 fully saturated rings. The quantitative estimate of drug-likeness (QED) is 0.734. The van der Waals surface area contributed by atoms with Gasteiger partial charge < -0.3 is 15.3 Å². The number of hydrogen-bond donors (Lipinski definition) is 2. The summed E-state index contributed by atoms with van der Waals surface area (Å²) < 4.78 is 25.0. The maximum atomic E-state index is 11.9. The number of aliphatic hydroxyl groups excluding tert-OH is 1. The second-order valence-corrected chi connectivity index (χ2v) is 7.51. The molecule has 1 aliphatic heterocycles. The van der Waals surface area contributed by atoms with Crippen LogP contribution in [0.3, 0.4) is 0 Å². The lowest BCUT2D eigenvalue weighted by Gasteiger charge is -2.18. The third-order valence-electron chi connectivity index (χ3n) is 3.57. The van der Waals surface area contributed by atoms with E-state index >= 15 is 0 Å². The monoisotopic (exact) mass is 315 g/mol. The Kier molecular flexibility index (Phi) is 4.64. The van der Waals surface area contributed by atoms with Gasteiger partial charge in [-0.05, 0) is 6.07 Å². The SMILES string of the molecule is CNc1ccnc(N2C[C@@H](CS(=O)(=O)N(C)C)[C@H](O)C2)n1. The van der Waals surface area contributed by atoms with Gasteiger partial charge in [0.2, 0.25) is 16.0 Å². The zero-order valence-corrected chi connectivity index (χ0v) is 13.2. The van der Waals surface area contributed by atoms with Gasteiger partial charge in [-0.1, -0.05) is 0 Å². The van der Waals surface area contributed by atoms with Gasteiger partial charge in [-0.25, -0.2) is 17.7 Å². The number of rotatable bonds is 5. The van der Waals surface area contributed by atoms with Crippen molar-refractivity contribution in [2.75, 3.05) is 50.2 Å². The van der Waals surface area contributed by atoms with E-state index in [1.165, 1.54) is 18.4 Å². The summed E-state index contributed by atoms with van der Waals surface area (Å²) >= 11 is 0. The molecule has 0 amide bonds. The average molecular weight is 315 g/mol. The Balaban J connectivity index is 2.10. The van der Waals surface area contributed by atoms with Gasteiger partial charge in [-0.3, -0.25) is 0 Å². The van der Waals surface area contributed by atoms with Crippen LogP contribution in [0, 0.1) is 5.92 Å². The highest BCUT2D eigenvalue weighted by Gasteiger charge is 2.36. The number of hydrogen-bond acceptors (Lipinski definition) is 7. The molecule has 2 atom stereocenters. The van der Waals surface area contributed by atoms with Crippen molar-refractivity contribution in [2.24, 2.45) is 5.92 Å². The molecule has 9 heteroatoms. The summed E-state index contributed by atoms with van der Waals surface area (Å²) in [4.78, 5) is 10.3. The highest BCUT2D eigenvalue weighted by Crippen LogP contribution is 2.23. The molecule has 1 aromatic heterocycles. The molecule has 1 aliphatic rings. The van der Waals surface area contributed by atoms with Gasteiger partial charge in [0.05, 0.1) is 11.9 Å². The van der Waals surface area contributed by atoms with E-state index in [1.54, 1.807) is 24.2 Å². The molecule has 8 nitrogen and oxygen atoms in total. The number of nitrogens with zero attached hydrogens (tertiary/aromatic N) is 4. The molecule has 0 aromatic carbocycles. The normalized spacial score (nSPS) is 22.8. The molecule has 118 valence electrons. The van der Waals surface area contributed by atoms with Gasteiger partial charge in [-0.2, -0.15) is 4.98 Å². The lowest BCUT2D eigenvalue weighted by atomic mass is 10.1. The zero-order valence-electron chi connectivity index (χ0n) is 12.4. The first kappa shape index (κ1) is 15.9. The minimum atomic E-state index is -3.34. The molecule has 0 spiro atoms. The molecule has 2 N–H and O–H groups in total. The van der Waals surface area contributed by atoms with E-state index in [1.807, 2.05) is 0 Å². The van der Waals surface area contributed by atoms with Crippen LogP contribution >= 0.6 is 0 Å². The lowest BCUT2D eigenvalue weighted by molar-refractivity contribution is 0.157. The topological polar surface area (TPSA) is 98.7 Å². The highest BCUT2D eigenvalue weighted by molar-refractivity contribution is 7.89. The largest absolute Gasteiger partial charge is 0.391 e. The molecular weight excluding hydrogens is 294 g/mol. The minimum absolute atomic E-state index is 0.0800. The first-order valence-electron chi connectivity index (χ1n) is 6.67. The molecule has 0 aliphatic carbocycles. The minimum Gasteiger partial charge on any atom is -0.391 e. The van der Waals surface area contributed by atoms with E-state index in [0.717, 1.165) is 0 Å². The summed E-state index contributed by atoms with van der Waals surface area (Å²) in [5, 5.41) is 13.0. The van der Waals surface area contributed by atoms with Crippen LogP contribution in [0.15, 0.2) is 12.3 Å². The van der Waals surface area contributed by atoms with Crippen LogP contribution in [-0.2, 0) is 10.0 Å². The van der Waals surface area contributed by atoms with Crippen LogP contribution in [0.5, 0.6) is 0 Å². The number of anilines is 2. The Morgan fingerprint density at radius 2 is 2.19 bits per heavy atom. The van der Waals surface area contributed by atoms with Crippen LogP contribution in [0.1, 0.15) is 0 Å². The molecular formula is C12H21N5O3S. The molecule has 21 heavy (non-hydrogen) atoms. The van der Waals surface area contributed by atoms with Gasteiger partial charge in [0.25, 0.3) is 0 Å². The van der Waals surface area contributed by atoms with E-state index in [9.17, 15) is 13.5 Å². The molecule has 2 rings (SSSR count). The third-order valence-corrected chi connectivity index (χ3v) is 5.53. The van der Waals surface area contributed by atoms with Gasteiger partial charge in [-0.15, -0.1) is 0 Å². The Morgan fingerprint density at radius 3 is 2.81 bits per heavy atom. The fourth-order valence-corrected chi connectivity index (χ4v) is 3.41. The third kappa shape index (κ3) is 3.60. The van der Waals surface area contributed by atoms with E-state index in [0.29, 0.717) is 24.9 Å². The Labute approximate surface area is 124 Å². The first-order chi connectivity index (χ1) is 9.83. The van der Waals surface area contributed by atoms with Crippen molar-refractivity contribution in [3.8, 4) is 0 Å². The summed E-state index contributed by atoms with van der Waals surface area (Å²) in [6.45, 7) is 0.752. The van der Waals surface area contributed by atoms with E-state index in [4.69, 9.17) is 0 Å². The highest BCUT2D eigenvalue weighted by atomic mass is 32.2. The maximum Gasteiger partial charge on any atom is 0.227 e. The molecule has 1 aromatic rings. The summed E-state index contributed by atoms with van der Waals surface area (Å²) in [5.74, 6) is 0.743. The number of aliphatic hydroxyl groups is 1. The number of nitrogens with one attached hydrogen (secondary N) is 1. The van der Waals surface area contributed by atoms with Crippen molar-refractivity contribution in [2.45, 2.75) is 6.10 Å². The van der Waals surface area contributed by atoms with Crippen molar-refractivity contribution in [1.82, 2.24) is 14.3 Å². The van der Waals surface area contributed by atoms with Crippen molar-refractivity contribution in [3.05, 3.63) is 12.3 Å². The maximum absolute atomic E-state index is 11.9. The molecule has 2 heterocycles.